The van der Waals surface area contributed by atoms with E-state index in [-0.39, 0.29) is 5.91 Å². The van der Waals surface area contributed by atoms with Crippen molar-refractivity contribution in [1.29, 1.82) is 0 Å². The number of hydrogen-bond acceptors (Lipinski definition) is 5. The first kappa shape index (κ1) is 16.4. The molecule has 126 valence electrons. The molecule has 2 aromatic rings. The van der Waals surface area contributed by atoms with Crippen LogP contribution in [-0.4, -0.2) is 39.5 Å². The maximum Gasteiger partial charge on any atom is 0.326 e. The quantitative estimate of drug-likeness (QED) is 0.900. The Kier molecular flexibility index (Phi) is 4.80. The highest BCUT2D eigenvalue weighted by molar-refractivity contribution is 7.09. The zero-order valence-corrected chi connectivity index (χ0v) is 14.1. The van der Waals surface area contributed by atoms with Crippen molar-refractivity contribution in [3.8, 4) is 5.75 Å². The zero-order valence-electron chi connectivity index (χ0n) is 13.3. The Bertz CT molecular complexity index is 759. The van der Waals surface area contributed by atoms with Crippen LogP contribution in [0.1, 0.15) is 33.9 Å². The Balaban J connectivity index is 1.70. The molecule has 0 aliphatic carbocycles. The molecule has 3 rings (SSSR count). The van der Waals surface area contributed by atoms with E-state index >= 15 is 0 Å². The molecule has 1 fully saturated rings. The van der Waals surface area contributed by atoms with Gasteiger partial charge in [-0.05, 0) is 38.0 Å². The van der Waals surface area contributed by atoms with Crippen molar-refractivity contribution in [2.24, 2.45) is 0 Å². The van der Waals surface area contributed by atoms with E-state index in [1.165, 1.54) is 4.90 Å². The normalized spacial score (nSPS) is 17.0. The number of nitrogens with zero attached hydrogens (tertiary/aromatic N) is 2. The number of likely N-dealkylation sites (tertiary alicyclic amines) is 1. The number of benzene rings is 1. The van der Waals surface area contributed by atoms with Crippen molar-refractivity contribution >= 4 is 23.2 Å². The molecular formula is C17H18N2O4S. The van der Waals surface area contributed by atoms with E-state index in [9.17, 15) is 14.7 Å². The topological polar surface area (TPSA) is 79.7 Å². The molecule has 6 nitrogen and oxygen atoms in total. The molecule has 2 heterocycles. The predicted octanol–water partition coefficient (Wildman–Crippen LogP) is 2.72. The summed E-state index contributed by atoms with van der Waals surface area (Å²) in [5.41, 5.74) is 1.29. The van der Waals surface area contributed by atoms with Crippen molar-refractivity contribution in [2.45, 2.75) is 32.4 Å². The van der Waals surface area contributed by atoms with Crippen LogP contribution in [0.4, 0.5) is 0 Å². The van der Waals surface area contributed by atoms with Crippen LogP contribution in [0.2, 0.25) is 0 Å². The van der Waals surface area contributed by atoms with E-state index in [4.69, 9.17) is 4.74 Å². The first-order valence-electron chi connectivity index (χ1n) is 7.72. The van der Waals surface area contributed by atoms with Gasteiger partial charge in [0.25, 0.3) is 5.91 Å². The molecule has 0 saturated carbocycles. The van der Waals surface area contributed by atoms with Crippen molar-refractivity contribution in [1.82, 2.24) is 9.88 Å². The molecule has 1 aromatic heterocycles. The summed E-state index contributed by atoms with van der Waals surface area (Å²) in [4.78, 5) is 29.6. The largest absolute Gasteiger partial charge is 0.487 e. The van der Waals surface area contributed by atoms with Crippen LogP contribution >= 0.6 is 11.3 Å². The Morgan fingerprint density at radius 2 is 2.29 bits per heavy atom. The van der Waals surface area contributed by atoms with E-state index in [1.54, 1.807) is 35.6 Å². The van der Waals surface area contributed by atoms with Crippen LogP contribution in [0.15, 0.2) is 29.6 Å². The standard InChI is InChI=1S/C17H18N2O4S/c1-11-18-13(10-24-11)9-23-14-5-2-4-12(8-14)16(20)19-7-3-6-15(19)17(21)22/h2,4-5,8,10,15H,3,6-7,9H2,1H3,(H,21,22). The van der Waals surface area contributed by atoms with Crippen molar-refractivity contribution in [2.75, 3.05) is 6.54 Å². The zero-order chi connectivity index (χ0) is 17.1. The van der Waals surface area contributed by atoms with Gasteiger partial charge in [-0.15, -0.1) is 11.3 Å². The number of aryl methyl sites for hydroxylation is 1. The van der Waals surface area contributed by atoms with Gasteiger partial charge >= 0.3 is 5.97 Å². The molecule has 1 saturated heterocycles. The number of aliphatic carboxylic acids is 1. The lowest BCUT2D eigenvalue weighted by atomic mass is 10.1. The van der Waals surface area contributed by atoms with Crippen LogP contribution in [0.5, 0.6) is 5.75 Å². The molecule has 0 spiro atoms. The second-order valence-corrected chi connectivity index (χ2v) is 6.73. The van der Waals surface area contributed by atoms with E-state index in [0.717, 1.165) is 10.7 Å². The van der Waals surface area contributed by atoms with E-state index in [1.807, 2.05) is 12.3 Å². The molecule has 1 amide bonds. The van der Waals surface area contributed by atoms with E-state index < -0.39 is 12.0 Å². The summed E-state index contributed by atoms with van der Waals surface area (Å²) in [6.07, 6.45) is 1.21. The summed E-state index contributed by atoms with van der Waals surface area (Å²) in [6.45, 7) is 2.74. The fourth-order valence-electron chi connectivity index (χ4n) is 2.78. The minimum atomic E-state index is -0.952. The maximum atomic E-state index is 12.6. The Morgan fingerprint density at radius 3 is 3.00 bits per heavy atom. The van der Waals surface area contributed by atoms with Crippen LogP contribution in [0, 0.1) is 6.92 Å². The fourth-order valence-corrected chi connectivity index (χ4v) is 3.38. The lowest BCUT2D eigenvalue weighted by Gasteiger charge is -2.21. The number of thiazole rings is 1. The number of aromatic nitrogens is 1. The summed E-state index contributed by atoms with van der Waals surface area (Å²) in [7, 11) is 0. The van der Waals surface area contributed by atoms with Gasteiger partial charge in [0, 0.05) is 17.5 Å². The second kappa shape index (κ2) is 7.00. The first-order valence-corrected chi connectivity index (χ1v) is 8.60. The van der Waals surface area contributed by atoms with Crippen molar-refractivity contribution in [3.05, 3.63) is 45.9 Å². The SMILES string of the molecule is Cc1nc(COc2cccc(C(=O)N3CCCC3C(=O)O)c2)cs1. The van der Waals surface area contributed by atoms with Crippen LogP contribution < -0.4 is 4.74 Å². The third-order valence-corrected chi connectivity index (χ3v) is 4.76. The first-order chi connectivity index (χ1) is 11.5. The lowest BCUT2D eigenvalue weighted by Crippen LogP contribution is -2.40. The third-order valence-electron chi connectivity index (χ3n) is 3.93. The fraction of sp³-hybridized carbons (Fsp3) is 0.353. The molecule has 24 heavy (non-hydrogen) atoms. The minimum absolute atomic E-state index is 0.269. The molecular weight excluding hydrogens is 328 g/mol. The number of carboxylic acids is 1. The van der Waals surface area contributed by atoms with Crippen LogP contribution in [0.25, 0.3) is 0 Å². The van der Waals surface area contributed by atoms with Gasteiger partial charge in [0.05, 0.1) is 10.7 Å². The van der Waals surface area contributed by atoms with Gasteiger partial charge in [-0.3, -0.25) is 4.79 Å². The number of ether oxygens (including phenoxy) is 1. The predicted molar refractivity (Wildman–Crippen MR) is 89.3 cm³/mol. The molecule has 1 N–H and O–H groups in total. The Morgan fingerprint density at radius 1 is 1.46 bits per heavy atom. The summed E-state index contributed by atoms with van der Waals surface area (Å²) in [6, 6.07) is 6.10. The van der Waals surface area contributed by atoms with Gasteiger partial charge in [-0.2, -0.15) is 0 Å². The summed E-state index contributed by atoms with van der Waals surface area (Å²) < 4.78 is 5.69. The second-order valence-electron chi connectivity index (χ2n) is 5.67. The lowest BCUT2D eigenvalue weighted by molar-refractivity contribution is -0.141. The molecule has 1 atom stereocenters. The van der Waals surface area contributed by atoms with Gasteiger partial charge in [-0.1, -0.05) is 6.07 Å². The monoisotopic (exact) mass is 346 g/mol. The van der Waals surface area contributed by atoms with Gasteiger partial charge in [-0.25, -0.2) is 9.78 Å². The molecule has 0 radical (unpaired) electrons. The number of rotatable bonds is 5. The number of amides is 1. The average Bonchev–Trinajstić information content (AvgIpc) is 3.21. The van der Waals surface area contributed by atoms with Crippen LogP contribution in [0.3, 0.4) is 0 Å². The third kappa shape index (κ3) is 3.56. The highest BCUT2D eigenvalue weighted by atomic mass is 32.1. The molecule has 1 unspecified atom stereocenters. The Hall–Kier alpha value is -2.41. The van der Waals surface area contributed by atoms with Gasteiger partial charge in [0.15, 0.2) is 0 Å². The highest BCUT2D eigenvalue weighted by Crippen LogP contribution is 2.23. The van der Waals surface area contributed by atoms with Crippen LogP contribution in [-0.2, 0) is 11.4 Å². The van der Waals surface area contributed by atoms with Gasteiger partial charge < -0.3 is 14.7 Å². The number of carboxylic acid groups (broad SMARTS) is 1. The summed E-state index contributed by atoms with van der Waals surface area (Å²) in [5, 5.41) is 12.1. The summed E-state index contributed by atoms with van der Waals surface area (Å²) in [5.74, 6) is -0.653. The van der Waals surface area contributed by atoms with Crippen molar-refractivity contribution < 1.29 is 19.4 Å². The average molecular weight is 346 g/mol. The Labute approximate surface area is 143 Å². The number of hydrogen-bond donors (Lipinski definition) is 1. The molecule has 1 aliphatic heterocycles. The number of carbonyl (C=O) groups excluding carboxylic acids is 1. The van der Waals surface area contributed by atoms with Crippen molar-refractivity contribution in [3.63, 3.8) is 0 Å². The maximum absolute atomic E-state index is 12.6. The van der Waals surface area contributed by atoms with Gasteiger partial charge in [0.2, 0.25) is 0 Å². The minimum Gasteiger partial charge on any atom is -0.487 e. The molecule has 0 bridgehead atoms. The molecule has 1 aromatic carbocycles. The molecule has 7 heteroatoms. The number of carbonyl (C=O) groups is 2. The summed E-state index contributed by atoms with van der Waals surface area (Å²) >= 11 is 1.56. The van der Waals surface area contributed by atoms with Gasteiger partial charge in [0.1, 0.15) is 18.4 Å². The smallest absolute Gasteiger partial charge is 0.326 e. The van der Waals surface area contributed by atoms with E-state index in [2.05, 4.69) is 4.98 Å². The highest BCUT2D eigenvalue weighted by Gasteiger charge is 2.34. The molecule has 1 aliphatic rings. The van der Waals surface area contributed by atoms with E-state index in [0.29, 0.717) is 37.3 Å².